The molecule has 3 aromatic rings. The fourth-order valence-corrected chi connectivity index (χ4v) is 1.84. The third-order valence-corrected chi connectivity index (χ3v) is 2.67. The van der Waals surface area contributed by atoms with Gasteiger partial charge in [-0.15, -0.1) is 0 Å². The Morgan fingerprint density at radius 3 is 3.00 bits per heavy atom. The Morgan fingerprint density at radius 2 is 2.17 bits per heavy atom. The fraction of sp³-hybridized carbons (Fsp3) is 0. The van der Waals surface area contributed by atoms with Crippen LogP contribution in [0.4, 0.5) is 5.69 Å². The maximum absolute atomic E-state index is 10.8. The largest absolute Gasteiger partial charge is 0.301 e. The van der Waals surface area contributed by atoms with Gasteiger partial charge in [0.05, 0.1) is 10.6 Å². The molecule has 0 N–H and O–H groups in total. The minimum Gasteiger partial charge on any atom is -0.301 e. The lowest BCUT2D eigenvalue weighted by atomic mass is 10.3. The molecule has 0 saturated heterocycles. The summed E-state index contributed by atoms with van der Waals surface area (Å²) >= 11 is 0. The molecule has 88 valence electrons. The first-order chi connectivity index (χ1) is 8.75. The van der Waals surface area contributed by atoms with Gasteiger partial charge in [0.2, 0.25) is 0 Å². The van der Waals surface area contributed by atoms with E-state index in [0.717, 1.165) is 11.0 Å². The summed E-state index contributed by atoms with van der Waals surface area (Å²) in [6, 6.07) is 8.30. The standard InChI is InChI=1S/C12H8N4O2/c17-16(18)11-3-1-2-10(6-11)15-5-4-9-7-13-8-14-12(9)15/h1-8H. The van der Waals surface area contributed by atoms with Crippen molar-refractivity contribution in [2.24, 2.45) is 0 Å². The molecular formula is C12H8N4O2. The zero-order valence-electron chi connectivity index (χ0n) is 9.22. The molecular weight excluding hydrogens is 232 g/mol. The summed E-state index contributed by atoms with van der Waals surface area (Å²) in [4.78, 5) is 18.5. The molecule has 2 aromatic heterocycles. The second kappa shape index (κ2) is 3.92. The third kappa shape index (κ3) is 1.60. The first-order valence-electron chi connectivity index (χ1n) is 5.27. The lowest BCUT2D eigenvalue weighted by Crippen LogP contribution is -1.95. The molecule has 0 fully saturated rings. The summed E-state index contributed by atoms with van der Waals surface area (Å²) in [6.45, 7) is 0. The van der Waals surface area contributed by atoms with Crippen LogP contribution in [0.3, 0.4) is 0 Å². The van der Waals surface area contributed by atoms with E-state index in [1.54, 1.807) is 22.9 Å². The van der Waals surface area contributed by atoms with Gasteiger partial charge in [-0.1, -0.05) is 6.07 Å². The van der Waals surface area contributed by atoms with Crippen LogP contribution in [0.1, 0.15) is 0 Å². The number of rotatable bonds is 2. The van der Waals surface area contributed by atoms with E-state index >= 15 is 0 Å². The van der Waals surface area contributed by atoms with Crippen molar-refractivity contribution in [3.63, 3.8) is 0 Å². The molecule has 0 aliphatic carbocycles. The number of aromatic nitrogens is 3. The highest BCUT2D eigenvalue weighted by atomic mass is 16.6. The van der Waals surface area contributed by atoms with Crippen molar-refractivity contribution in [3.05, 3.63) is 59.2 Å². The molecule has 6 heteroatoms. The zero-order chi connectivity index (χ0) is 12.5. The van der Waals surface area contributed by atoms with Crippen LogP contribution in [0.2, 0.25) is 0 Å². The Hall–Kier alpha value is -2.76. The van der Waals surface area contributed by atoms with E-state index in [-0.39, 0.29) is 5.69 Å². The van der Waals surface area contributed by atoms with Crippen LogP contribution in [-0.2, 0) is 0 Å². The van der Waals surface area contributed by atoms with Gasteiger partial charge in [0, 0.05) is 29.9 Å². The molecule has 0 unspecified atom stereocenters. The second-order valence-electron chi connectivity index (χ2n) is 3.76. The number of nitro benzene ring substituents is 1. The molecule has 0 radical (unpaired) electrons. The maximum atomic E-state index is 10.8. The average molecular weight is 240 g/mol. The summed E-state index contributed by atoms with van der Waals surface area (Å²) in [5, 5.41) is 11.6. The quantitative estimate of drug-likeness (QED) is 0.509. The van der Waals surface area contributed by atoms with Crippen molar-refractivity contribution >= 4 is 16.7 Å². The van der Waals surface area contributed by atoms with Crippen molar-refractivity contribution in [1.29, 1.82) is 0 Å². The predicted molar refractivity (Wildman–Crippen MR) is 65.5 cm³/mol. The van der Waals surface area contributed by atoms with Crippen molar-refractivity contribution in [2.45, 2.75) is 0 Å². The minimum absolute atomic E-state index is 0.0587. The van der Waals surface area contributed by atoms with E-state index in [1.165, 1.54) is 18.5 Å². The van der Waals surface area contributed by atoms with Gasteiger partial charge in [0.1, 0.15) is 12.0 Å². The Bertz CT molecular complexity index is 736. The SMILES string of the molecule is O=[N+]([O-])c1cccc(-n2ccc3cncnc32)c1. The molecule has 0 amide bonds. The minimum atomic E-state index is -0.413. The van der Waals surface area contributed by atoms with E-state index in [1.807, 2.05) is 12.3 Å². The number of benzene rings is 1. The topological polar surface area (TPSA) is 73.8 Å². The molecule has 3 rings (SSSR count). The molecule has 18 heavy (non-hydrogen) atoms. The highest BCUT2D eigenvalue weighted by molar-refractivity contribution is 5.77. The van der Waals surface area contributed by atoms with Gasteiger partial charge in [-0.3, -0.25) is 10.1 Å². The highest BCUT2D eigenvalue weighted by Gasteiger charge is 2.09. The normalized spacial score (nSPS) is 10.7. The Kier molecular flexibility index (Phi) is 2.26. The molecule has 0 bridgehead atoms. The van der Waals surface area contributed by atoms with E-state index in [2.05, 4.69) is 9.97 Å². The zero-order valence-corrected chi connectivity index (χ0v) is 9.22. The van der Waals surface area contributed by atoms with Gasteiger partial charge in [-0.25, -0.2) is 9.97 Å². The van der Waals surface area contributed by atoms with Crippen molar-refractivity contribution in [2.75, 3.05) is 0 Å². The van der Waals surface area contributed by atoms with Gasteiger partial charge in [0.15, 0.2) is 0 Å². The number of hydrogen-bond acceptors (Lipinski definition) is 4. The fourth-order valence-electron chi connectivity index (χ4n) is 1.84. The van der Waals surface area contributed by atoms with Crippen molar-refractivity contribution < 1.29 is 4.92 Å². The molecule has 0 spiro atoms. The molecule has 1 aromatic carbocycles. The monoisotopic (exact) mass is 240 g/mol. The predicted octanol–water partition coefficient (Wildman–Crippen LogP) is 2.33. The Morgan fingerprint density at radius 1 is 1.28 bits per heavy atom. The third-order valence-electron chi connectivity index (χ3n) is 2.67. The van der Waals surface area contributed by atoms with Crippen molar-refractivity contribution in [1.82, 2.24) is 14.5 Å². The van der Waals surface area contributed by atoms with Crippen LogP contribution in [-0.4, -0.2) is 19.5 Å². The van der Waals surface area contributed by atoms with Gasteiger partial charge in [0.25, 0.3) is 5.69 Å². The van der Waals surface area contributed by atoms with Gasteiger partial charge < -0.3 is 4.57 Å². The number of hydrogen-bond donors (Lipinski definition) is 0. The number of non-ortho nitro benzene ring substituents is 1. The van der Waals surface area contributed by atoms with Crippen LogP contribution in [0, 0.1) is 10.1 Å². The lowest BCUT2D eigenvalue weighted by Gasteiger charge is -2.03. The summed E-state index contributed by atoms with van der Waals surface area (Å²) in [5.41, 5.74) is 1.49. The number of nitro groups is 1. The lowest BCUT2D eigenvalue weighted by molar-refractivity contribution is -0.384. The summed E-state index contributed by atoms with van der Waals surface area (Å²) in [7, 11) is 0. The van der Waals surface area contributed by atoms with Crippen LogP contribution in [0.25, 0.3) is 16.7 Å². The average Bonchev–Trinajstić information content (AvgIpc) is 2.82. The van der Waals surface area contributed by atoms with E-state index in [4.69, 9.17) is 0 Å². The van der Waals surface area contributed by atoms with E-state index in [0.29, 0.717) is 5.69 Å². The Balaban J connectivity index is 2.20. The van der Waals surface area contributed by atoms with Gasteiger partial charge >= 0.3 is 0 Å². The highest BCUT2D eigenvalue weighted by Crippen LogP contribution is 2.21. The van der Waals surface area contributed by atoms with E-state index < -0.39 is 4.92 Å². The van der Waals surface area contributed by atoms with Crippen molar-refractivity contribution in [3.8, 4) is 5.69 Å². The first-order valence-corrected chi connectivity index (χ1v) is 5.27. The molecule has 0 aliphatic rings. The van der Waals surface area contributed by atoms with Crippen LogP contribution >= 0.6 is 0 Å². The summed E-state index contributed by atoms with van der Waals surface area (Å²) < 4.78 is 1.80. The molecule has 0 atom stereocenters. The molecule has 0 aliphatic heterocycles. The first kappa shape index (κ1) is 10.4. The van der Waals surface area contributed by atoms with Crippen LogP contribution in [0.5, 0.6) is 0 Å². The van der Waals surface area contributed by atoms with Gasteiger partial charge in [-0.2, -0.15) is 0 Å². The summed E-state index contributed by atoms with van der Waals surface area (Å²) in [5.74, 6) is 0. The molecule has 2 heterocycles. The second-order valence-corrected chi connectivity index (χ2v) is 3.76. The van der Waals surface area contributed by atoms with Crippen LogP contribution < -0.4 is 0 Å². The molecule has 6 nitrogen and oxygen atoms in total. The van der Waals surface area contributed by atoms with E-state index in [9.17, 15) is 10.1 Å². The van der Waals surface area contributed by atoms with Gasteiger partial charge in [-0.05, 0) is 12.1 Å². The number of nitrogens with zero attached hydrogens (tertiary/aromatic N) is 4. The maximum Gasteiger partial charge on any atom is 0.271 e. The summed E-state index contributed by atoms with van der Waals surface area (Å²) in [6.07, 6.45) is 4.98. The van der Waals surface area contributed by atoms with Crippen LogP contribution in [0.15, 0.2) is 49.1 Å². The Labute approximate surface area is 102 Å². The number of fused-ring (bicyclic) bond motifs is 1. The molecule has 0 saturated carbocycles. The smallest absolute Gasteiger partial charge is 0.271 e.